The van der Waals surface area contributed by atoms with Crippen LogP contribution in [-0.2, 0) is 18.9 Å². The highest BCUT2D eigenvalue weighted by Gasteiger charge is 2.45. The molecular weight excluding hydrogens is 660 g/mol. The van der Waals surface area contributed by atoms with Crippen LogP contribution in [0.1, 0.15) is 70.4 Å². The third-order valence-corrected chi connectivity index (χ3v) is 11.3. The summed E-state index contributed by atoms with van der Waals surface area (Å²) in [5, 5.41) is 3.23. The van der Waals surface area contributed by atoms with Gasteiger partial charge in [0.1, 0.15) is 17.2 Å². The summed E-state index contributed by atoms with van der Waals surface area (Å²) in [5.41, 5.74) is 4.65. The van der Waals surface area contributed by atoms with Crippen molar-refractivity contribution in [3.8, 4) is 17.0 Å². The van der Waals surface area contributed by atoms with Crippen molar-refractivity contribution in [1.29, 1.82) is 0 Å². The number of piperidine rings is 1. The Hall–Kier alpha value is -4.26. The molecule has 1 amide bonds. The van der Waals surface area contributed by atoms with Crippen LogP contribution >= 0.6 is 0 Å². The van der Waals surface area contributed by atoms with Crippen LogP contribution < -0.4 is 14.5 Å². The zero-order chi connectivity index (χ0) is 36.3. The Morgan fingerprint density at radius 2 is 1.69 bits per heavy atom. The number of aromatic nitrogens is 3. The number of pyridine rings is 1. The van der Waals surface area contributed by atoms with Crippen molar-refractivity contribution in [2.24, 2.45) is 5.92 Å². The standard InChI is InChI=1S/C40H50N6O6/c1-23-29-10-8-9-25-17-28(51-22-48-5)18-30(33(25)29)34-32(23)35-31(19-41-34)36(43-38(42-35)44-15-13-24(14-16-44)37(49-6)50-7)45-20-26-11-12-27(21-45)46(26)39(47)52-40(2,3)4/h8-10,17-19,23-24,26-27,37H,11-16,20-22H2,1-7H3. The third-order valence-electron chi connectivity index (χ3n) is 11.3. The summed E-state index contributed by atoms with van der Waals surface area (Å²) in [6.07, 6.45) is 5.18. The highest BCUT2D eigenvalue weighted by Crippen LogP contribution is 2.49. The fraction of sp³-hybridized carbons (Fsp3) is 0.550. The minimum atomic E-state index is -0.549. The average Bonchev–Trinajstić information content (AvgIpc) is 3.41. The van der Waals surface area contributed by atoms with Crippen molar-refractivity contribution < 1.29 is 28.5 Å². The summed E-state index contributed by atoms with van der Waals surface area (Å²) >= 11 is 0. The van der Waals surface area contributed by atoms with E-state index in [0.29, 0.717) is 19.0 Å². The number of benzene rings is 2. The van der Waals surface area contributed by atoms with Gasteiger partial charge in [0.05, 0.1) is 28.7 Å². The van der Waals surface area contributed by atoms with E-state index in [2.05, 4.69) is 47.1 Å². The maximum Gasteiger partial charge on any atom is 0.410 e. The van der Waals surface area contributed by atoms with Gasteiger partial charge in [0.2, 0.25) is 5.95 Å². The molecule has 4 aliphatic rings. The summed E-state index contributed by atoms with van der Waals surface area (Å²) in [4.78, 5) is 36.0. The number of rotatable bonds is 8. The van der Waals surface area contributed by atoms with Gasteiger partial charge < -0.3 is 33.5 Å². The quantitative estimate of drug-likeness (QED) is 0.182. The highest BCUT2D eigenvalue weighted by atomic mass is 16.7. The van der Waals surface area contributed by atoms with E-state index in [1.165, 1.54) is 10.9 Å². The predicted octanol–water partition coefficient (Wildman–Crippen LogP) is 6.72. The molecule has 5 heterocycles. The van der Waals surface area contributed by atoms with E-state index in [0.717, 1.165) is 89.4 Å². The average molecular weight is 711 g/mol. The van der Waals surface area contributed by atoms with Crippen molar-refractivity contribution in [3.63, 3.8) is 0 Å². The number of fused-ring (bicyclic) bond motifs is 6. The first-order chi connectivity index (χ1) is 25.1. The number of hydrogen-bond donors (Lipinski definition) is 0. The highest BCUT2D eigenvalue weighted by molar-refractivity contribution is 6.06. The minimum absolute atomic E-state index is 0.0392. The maximum atomic E-state index is 13.4. The predicted molar refractivity (Wildman–Crippen MR) is 200 cm³/mol. The van der Waals surface area contributed by atoms with E-state index in [4.69, 9.17) is 38.6 Å². The van der Waals surface area contributed by atoms with Crippen LogP contribution in [0.25, 0.3) is 32.9 Å². The lowest BCUT2D eigenvalue weighted by molar-refractivity contribution is -0.141. The number of ether oxygens (including phenoxy) is 5. The van der Waals surface area contributed by atoms with Crippen molar-refractivity contribution >= 4 is 39.5 Å². The van der Waals surface area contributed by atoms with Gasteiger partial charge in [0.25, 0.3) is 0 Å². The van der Waals surface area contributed by atoms with Crippen molar-refractivity contribution in [3.05, 3.63) is 47.7 Å². The van der Waals surface area contributed by atoms with Gasteiger partial charge in [-0.2, -0.15) is 4.98 Å². The number of amides is 1. The topological polar surface area (TPSA) is 112 Å². The second kappa shape index (κ2) is 13.6. The number of anilines is 2. The summed E-state index contributed by atoms with van der Waals surface area (Å²) in [6, 6.07) is 10.7. The summed E-state index contributed by atoms with van der Waals surface area (Å²) in [5.74, 6) is 2.67. The maximum absolute atomic E-state index is 13.4. The molecule has 2 aromatic carbocycles. The number of nitrogens with zero attached hydrogens (tertiary/aromatic N) is 6. The van der Waals surface area contributed by atoms with E-state index in [1.807, 2.05) is 31.9 Å². The second-order valence-corrected chi connectivity index (χ2v) is 15.7. The Labute approximate surface area is 305 Å². The van der Waals surface area contributed by atoms with Gasteiger partial charge >= 0.3 is 6.09 Å². The van der Waals surface area contributed by atoms with Crippen LogP contribution in [0.15, 0.2) is 36.5 Å². The van der Waals surface area contributed by atoms with Crippen LogP contribution in [-0.4, -0.2) is 104 Å². The largest absolute Gasteiger partial charge is 0.468 e. The van der Waals surface area contributed by atoms with E-state index >= 15 is 0 Å². The molecule has 0 saturated carbocycles. The lowest BCUT2D eigenvalue weighted by Crippen LogP contribution is -2.57. The number of carbonyl (C=O) groups is 1. The van der Waals surface area contributed by atoms with Gasteiger partial charge in [0.15, 0.2) is 13.1 Å². The molecule has 2 bridgehead atoms. The Morgan fingerprint density at radius 3 is 2.37 bits per heavy atom. The number of carbonyl (C=O) groups excluding carboxylic acids is 1. The van der Waals surface area contributed by atoms with Crippen LogP contribution in [0.2, 0.25) is 0 Å². The van der Waals surface area contributed by atoms with E-state index in [-0.39, 0.29) is 37.2 Å². The van der Waals surface area contributed by atoms with E-state index in [9.17, 15) is 4.79 Å². The first-order valence-electron chi connectivity index (χ1n) is 18.5. The molecule has 8 rings (SSSR count). The molecule has 52 heavy (non-hydrogen) atoms. The Kier molecular flexibility index (Phi) is 9.11. The molecule has 0 N–H and O–H groups in total. The molecule has 3 saturated heterocycles. The van der Waals surface area contributed by atoms with Crippen LogP contribution in [0.5, 0.6) is 5.75 Å². The number of methoxy groups -OCH3 is 3. The van der Waals surface area contributed by atoms with Crippen LogP contribution in [0.4, 0.5) is 16.6 Å². The van der Waals surface area contributed by atoms with Crippen LogP contribution in [0, 0.1) is 5.92 Å². The third kappa shape index (κ3) is 6.08. The SMILES string of the molecule is COCOc1cc2c3c(cccc3c1)C(C)c1c-2ncc2c(N3CC4CCC(C3)N4C(=O)OC(C)(C)C)nc(N3CCC(C(OC)OC)CC3)nc12. The molecule has 1 aliphatic carbocycles. The fourth-order valence-electron chi connectivity index (χ4n) is 8.97. The fourth-order valence-corrected chi connectivity index (χ4v) is 8.97. The monoisotopic (exact) mass is 710 g/mol. The van der Waals surface area contributed by atoms with Gasteiger partial charge in [0, 0.05) is 76.7 Å². The summed E-state index contributed by atoms with van der Waals surface area (Å²) in [7, 11) is 5.04. The molecule has 4 aromatic rings. The van der Waals surface area contributed by atoms with Crippen molar-refractivity contribution in [2.75, 3.05) is 64.1 Å². The number of hydrogen-bond acceptors (Lipinski definition) is 11. The summed E-state index contributed by atoms with van der Waals surface area (Å²) in [6.45, 7) is 11.1. The Morgan fingerprint density at radius 1 is 0.962 bits per heavy atom. The molecule has 3 atom stereocenters. The molecule has 3 aliphatic heterocycles. The molecule has 0 radical (unpaired) electrons. The normalized spacial score (nSPS) is 21.7. The van der Waals surface area contributed by atoms with Crippen molar-refractivity contribution in [2.45, 2.75) is 83.3 Å². The smallest absolute Gasteiger partial charge is 0.410 e. The van der Waals surface area contributed by atoms with Gasteiger partial charge in [-0.1, -0.05) is 25.1 Å². The molecule has 12 heteroatoms. The molecule has 3 fully saturated rings. The summed E-state index contributed by atoms with van der Waals surface area (Å²) < 4.78 is 28.3. The molecular formula is C40H50N6O6. The zero-order valence-corrected chi connectivity index (χ0v) is 31.3. The lowest BCUT2D eigenvalue weighted by Gasteiger charge is -2.42. The van der Waals surface area contributed by atoms with E-state index in [1.54, 1.807) is 21.3 Å². The zero-order valence-electron chi connectivity index (χ0n) is 31.3. The minimum Gasteiger partial charge on any atom is -0.468 e. The lowest BCUT2D eigenvalue weighted by atomic mass is 9.79. The molecule has 3 unspecified atom stereocenters. The Balaban J connectivity index is 1.24. The molecule has 276 valence electrons. The van der Waals surface area contributed by atoms with E-state index < -0.39 is 5.60 Å². The molecule has 12 nitrogen and oxygen atoms in total. The van der Waals surface area contributed by atoms with Gasteiger partial charge in [-0.3, -0.25) is 9.88 Å². The van der Waals surface area contributed by atoms with Gasteiger partial charge in [-0.15, -0.1) is 0 Å². The second-order valence-electron chi connectivity index (χ2n) is 15.7. The molecule has 0 spiro atoms. The van der Waals surface area contributed by atoms with Crippen molar-refractivity contribution in [1.82, 2.24) is 19.9 Å². The Bertz CT molecular complexity index is 1970. The first-order valence-corrected chi connectivity index (χ1v) is 18.5. The van der Waals surface area contributed by atoms with Crippen LogP contribution in [0.3, 0.4) is 0 Å². The molecule has 2 aromatic heterocycles. The first kappa shape index (κ1) is 34.8. The van der Waals surface area contributed by atoms with Gasteiger partial charge in [-0.05, 0) is 74.9 Å². The number of piperazine rings is 1. The van der Waals surface area contributed by atoms with Gasteiger partial charge in [-0.25, -0.2) is 9.78 Å².